The summed E-state index contributed by atoms with van der Waals surface area (Å²) in [5.41, 5.74) is 4.72. The SMILES string of the molecule is COc1cc(C=NNC(=O)c2ccc(NC(C)=O)cc2)cc(Cl)c1OCc1cccc(C(=O)O)c1. The standard InChI is InChI=1S/C25H22ClN3O6/c1-15(30)28-20-8-6-18(7-9-20)24(31)29-27-13-17-11-21(26)23(22(12-17)34-2)35-14-16-4-3-5-19(10-16)25(32)33/h3-13H,14H2,1-2H3,(H,28,30)(H,29,31)(H,32,33). The summed E-state index contributed by atoms with van der Waals surface area (Å²) in [6.07, 6.45) is 1.40. The molecule has 0 unspecified atom stereocenters. The third-order valence-electron chi connectivity index (χ3n) is 4.66. The second-order valence-corrected chi connectivity index (χ2v) is 7.69. The Kier molecular flexibility index (Phi) is 8.42. The molecule has 3 aromatic rings. The highest BCUT2D eigenvalue weighted by molar-refractivity contribution is 6.32. The van der Waals surface area contributed by atoms with E-state index in [-0.39, 0.29) is 28.8 Å². The number of hydrogen-bond donors (Lipinski definition) is 3. The molecule has 0 fully saturated rings. The van der Waals surface area contributed by atoms with Crippen LogP contribution in [-0.4, -0.2) is 36.2 Å². The normalized spacial score (nSPS) is 10.6. The Balaban J connectivity index is 1.66. The zero-order chi connectivity index (χ0) is 25.4. The lowest BCUT2D eigenvalue weighted by Gasteiger charge is -2.13. The van der Waals surface area contributed by atoms with Gasteiger partial charge in [0.25, 0.3) is 5.91 Å². The molecule has 3 aromatic carbocycles. The summed E-state index contributed by atoms with van der Waals surface area (Å²) in [5.74, 6) is -1.04. The average Bonchev–Trinajstić information content (AvgIpc) is 2.83. The lowest BCUT2D eigenvalue weighted by Crippen LogP contribution is -2.17. The molecule has 10 heteroatoms. The zero-order valence-corrected chi connectivity index (χ0v) is 19.6. The van der Waals surface area contributed by atoms with Gasteiger partial charge in [0, 0.05) is 18.2 Å². The van der Waals surface area contributed by atoms with Crippen LogP contribution in [0, 0.1) is 0 Å². The predicted molar refractivity (Wildman–Crippen MR) is 132 cm³/mol. The summed E-state index contributed by atoms with van der Waals surface area (Å²) >= 11 is 6.37. The summed E-state index contributed by atoms with van der Waals surface area (Å²) in [4.78, 5) is 34.5. The van der Waals surface area contributed by atoms with E-state index in [2.05, 4.69) is 15.8 Å². The van der Waals surface area contributed by atoms with Crippen molar-refractivity contribution in [3.63, 3.8) is 0 Å². The van der Waals surface area contributed by atoms with Crippen molar-refractivity contribution in [2.45, 2.75) is 13.5 Å². The maximum absolute atomic E-state index is 12.3. The van der Waals surface area contributed by atoms with Crippen LogP contribution in [0.4, 0.5) is 5.69 Å². The van der Waals surface area contributed by atoms with Crippen molar-refractivity contribution in [1.29, 1.82) is 0 Å². The summed E-state index contributed by atoms with van der Waals surface area (Å²) in [5, 5.41) is 15.9. The number of nitrogens with zero attached hydrogens (tertiary/aromatic N) is 1. The molecule has 0 spiro atoms. The fourth-order valence-electron chi connectivity index (χ4n) is 3.04. The third kappa shape index (κ3) is 7.05. The number of rotatable bonds is 9. The average molecular weight is 496 g/mol. The number of carboxylic acid groups (broad SMARTS) is 1. The maximum Gasteiger partial charge on any atom is 0.335 e. The van der Waals surface area contributed by atoms with E-state index in [0.717, 1.165) is 0 Å². The molecular formula is C25H22ClN3O6. The largest absolute Gasteiger partial charge is 0.493 e. The minimum Gasteiger partial charge on any atom is -0.493 e. The van der Waals surface area contributed by atoms with Crippen molar-refractivity contribution in [2.24, 2.45) is 5.10 Å². The molecule has 2 amide bonds. The number of halogens is 1. The molecular weight excluding hydrogens is 474 g/mol. The first kappa shape index (κ1) is 25.3. The van der Waals surface area contributed by atoms with E-state index in [4.69, 9.17) is 26.2 Å². The highest BCUT2D eigenvalue weighted by atomic mass is 35.5. The number of amides is 2. The Morgan fingerprint density at radius 2 is 1.80 bits per heavy atom. The smallest absolute Gasteiger partial charge is 0.335 e. The molecule has 3 rings (SSSR count). The van der Waals surface area contributed by atoms with Crippen molar-refractivity contribution in [3.8, 4) is 11.5 Å². The molecule has 0 saturated heterocycles. The highest BCUT2D eigenvalue weighted by Crippen LogP contribution is 2.36. The van der Waals surface area contributed by atoms with Gasteiger partial charge in [0.2, 0.25) is 5.91 Å². The van der Waals surface area contributed by atoms with Crippen LogP contribution in [0.3, 0.4) is 0 Å². The fraction of sp³-hybridized carbons (Fsp3) is 0.120. The summed E-state index contributed by atoms with van der Waals surface area (Å²) in [6, 6.07) is 16.0. The number of benzene rings is 3. The highest BCUT2D eigenvalue weighted by Gasteiger charge is 2.13. The number of hydrazone groups is 1. The Bertz CT molecular complexity index is 1270. The first-order valence-corrected chi connectivity index (χ1v) is 10.7. The van der Waals surface area contributed by atoms with Gasteiger partial charge in [-0.05, 0) is 59.7 Å². The van der Waals surface area contributed by atoms with Gasteiger partial charge in [-0.2, -0.15) is 5.10 Å². The fourth-order valence-corrected chi connectivity index (χ4v) is 3.32. The van der Waals surface area contributed by atoms with Gasteiger partial charge in [0.1, 0.15) is 6.61 Å². The molecule has 0 aliphatic carbocycles. The van der Waals surface area contributed by atoms with Gasteiger partial charge >= 0.3 is 5.97 Å². The van der Waals surface area contributed by atoms with Crippen molar-refractivity contribution < 1.29 is 29.0 Å². The second kappa shape index (κ2) is 11.7. The molecule has 0 aliphatic rings. The summed E-state index contributed by atoms with van der Waals surface area (Å²) < 4.78 is 11.1. The van der Waals surface area contributed by atoms with Crippen molar-refractivity contribution >= 4 is 41.3 Å². The van der Waals surface area contributed by atoms with Crippen LogP contribution in [0.15, 0.2) is 65.8 Å². The van der Waals surface area contributed by atoms with Gasteiger partial charge in [-0.15, -0.1) is 0 Å². The van der Waals surface area contributed by atoms with Crippen LogP contribution < -0.4 is 20.2 Å². The van der Waals surface area contributed by atoms with Gasteiger partial charge < -0.3 is 19.9 Å². The van der Waals surface area contributed by atoms with E-state index in [1.165, 1.54) is 32.4 Å². The number of nitrogens with one attached hydrogen (secondary N) is 2. The van der Waals surface area contributed by atoms with E-state index >= 15 is 0 Å². The first-order chi connectivity index (χ1) is 16.8. The Morgan fingerprint density at radius 1 is 1.06 bits per heavy atom. The molecule has 0 aliphatic heterocycles. The zero-order valence-electron chi connectivity index (χ0n) is 18.9. The van der Waals surface area contributed by atoms with Crippen molar-refractivity contribution in [3.05, 3.63) is 87.9 Å². The number of aromatic carboxylic acids is 1. The molecule has 9 nitrogen and oxygen atoms in total. The molecule has 0 atom stereocenters. The second-order valence-electron chi connectivity index (χ2n) is 7.29. The predicted octanol–water partition coefficient (Wildman–Crippen LogP) is 4.35. The monoisotopic (exact) mass is 495 g/mol. The Morgan fingerprint density at radius 3 is 2.46 bits per heavy atom. The van der Waals surface area contributed by atoms with E-state index in [0.29, 0.717) is 28.1 Å². The number of methoxy groups -OCH3 is 1. The van der Waals surface area contributed by atoms with Gasteiger partial charge in [-0.3, -0.25) is 9.59 Å². The number of hydrogen-bond acceptors (Lipinski definition) is 6. The number of carboxylic acids is 1. The molecule has 3 N–H and O–H groups in total. The van der Waals surface area contributed by atoms with Gasteiger partial charge in [0.15, 0.2) is 11.5 Å². The molecule has 180 valence electrons. The van der Waals surface area contributed by atoms with Crippen LogP contribution in [0.5, 0.6) is 11.5 Å². The minimum absolute atomic E-state index is 0.0847. The van der Waals surface area contributed by atoms with E-state index in [1.807, 2.05) is 0 Å². The number of carbonyl (C=O) groups excluding carboxylic acids is 2. The van der Waals surface area contributed by atoms with E-state index in [9.17, 15) is 14.4 Å². The topological polar surface area (TPSA) is 126 Å². The number of anilines is 1. The van der Waals surface area contributed by atoms with Gasteiger partial charge in [-0.1, -0.05) is 23.7 Å². The summed E-state index contributed by atoms with van der Waals surface area (Å²) in [7, 11) is 1.46. The maximum atomic E-state index is 12.3. The van der Waals surface area contributed by atoms with Crippen molar-refractivity contribution in [2.75, 3.05) is 12.4 Å². The lowest BCUT2D eigenvalue weighted by atomic mass is 10.1. The van der Waals surface area contributed by atoms with Gasteiger partial charge in [0.05, 0.1) is 23.9 Å². The molecule has 0 heterocycles. The molecule has 0 saturated carbocycles. The van der Waals surface area contributed by atoms with Crippen LogP contribution >= 0.6 is 11.6 Å². The van der Waals surface area contributed by atoms with E-state index in [1.54, 1.807) is 48.5 Å². The molecule has 35 heavy (non-hydrogen) atoms. The lowest BCUT2D eigenvalue weighted by molar-refractivity contribution is -0.114. The van der Waals surface area contributed by atoms with Crippen molar-refractivity contribution in [1.82, 2.24) is 5.43 Å². The molecule has 0 aromatic heterocycles. The molecule has 0 radical (unpaired) electrons. The first-order valence-electron chi connectivity index (χ1n) is 10.3. The third-order valence-corrected chi connectivity index (χ3v) is 4.94. The van der Waals surface area contributed by atoms with Gasteiger partial charge in [-0.25, -0.2) is 10.2 Å². The van der Waals surface area contributed by atoms with Crippen LogP contribution in [-0.2, 0) is 11.4 Å². The summed E-state index contributed by atoms with van der Waals surface area (Å²) in [6.45, 7) is 1.48. The van der Waals surface area contributed by atoms with Crippen LogP contribution in [0.1, 0.15) is 38.8 Å². The quantitative estimate of drug-likeness (QED) is 0.299. The van der Waals surface area contributed by atoms with Crippen LogP contribution in [0.2, 0.25) is 5.02 Å². The Labute approximate surface area is 206 Å². The number of ether oxygens (including phenoxy) is 2. The molecule has 0 bridgehead atoms. The Hall–Kier alpha value is -4.37. The van der Waals surface area contributed by atoms with Crippen LogP contribution in [0.25, 0.3) is 0 Å². The minimum atomic E-state index is -1.03. The van der Waals surface area contributed by atoms with E-state index < -0.39 is 11.9 Å². The number of carbonyl (C=O) groups is 3.